The molecule has 0 spiro atoms. The van der Waals surface area contributed by atoms with Gasteiger partial charge in [0.05, 0.1) is 17.7 Å². The zero-order valence-corrected chi connectivity index (χ0v) is 17.0. The molecule has 29 heavy (non-hydrogen) atoms. The molecule has 9 heteroatoms. The summed E-state index contributed by atoms with van der Waals surface area (Å²) in [6, 6.07) is 8.58. The minimum atomic E-state index is -0.441. The van der Waals surface area contributed by atoms with E-state index in [9.17, 15) is 15.4 Å². The van der Waals surface area contributed by atoms with Crippen molar-refractivity contribution in [1.82, 2.24) is 4.98 Å². The van der Waals surface area contributed by atoms with Gasteiger partial charge in [0.25, 0.3) is 5.69 Å². The van der Waals surface area contributed by atoms with Crippen molar-refractivity contribution in [3.05, 3.63) is 56.8 Å². The third-order valence-electron chi connectivity index (χ3n) is 4.34. The van der Waals surface area contributed by atoms with E-state index in [4.69, 9.17) is 4.74 Å². The van der Waals surface area contributed by atoms with Crippen molar-refractivity contribution in [2.45, 2.75) is 27.4 Å². The fraction of sp³-hybridized carbons (Fsp3) is 0.350. The van der Waals surface area contributed by atoms with Crippen LogP contribution in [0.3, 0.4) is 0 Å². The highest BCUT2D eigenvalue weighted by Crippen LogP contribution is 2.25. The number of nitro groups is 1. The lowest BCUT2D eigenvalue weighted by molar-refractivity contribution is -0.384. The summed E-state index contributed by atoms with van der Waals surface area (Å²) in [6.45, 7) is 7.62. The molecule has 0 radical (unpaired) electrons. The average molecular weight is 396 g/mol. The number of rotatable bonds is 9. The van der Waals surface area contributed by atoms with Crippen molar-refractivity contribution < 1.29 is 9.66 Å². The Hall–Kier alpha value is -3.51. The molecule has 0 atom stereocenters. The second-order valence-corrected chi connectivity index (χ2v) is 6.23. The van der Waals surface area contributed by atoms with Gasteiger partial charge in [0.2, 0.25) is 0 Å². The van der Waals surface area contributed by atoms with Gasteiger partial charge in [-0.1, -0.05) is 0 Å². The lowest BCUT2D eigenvalue weighted by Crippen LogP contribution is -2.23. The van der Waals surface area contributed by atoms with E-state index in [2.05, 4.69) is 26.5 Å². The van der Waals surface area contributed by atoms with Crippen molar-refractivity contribution in [3.8, 4) is 6.07 Å². The van der Waals surface area contributed by atoms with E-state index in [1.54, 1.807) is 19.2 Å². The minimum absolute atomic E-state index is 0.0175. The molecular weight excluding hydrogens is 372 g/mol. The summed E-state index contributed by atoms with van der Waals surface area (Å²) in [7, 11) is 1.55. The molecule has 0 aliphatic rings. The van der Waals surface area contributed by atoms with Crippen LogP contribution in [0.25, 0.3) is 0 Å². The molecule has 0 saturated heterocycles. The number of pyridine rings is 1. The summed E-state index contributed by atoms with van der Waals surface area (Å²) < 4.78 is 5.14. The fourth-order valence-corrected chi connectivity index (χ4v) is 2.99. The van der Waals surface area contributed by atoms with Crippen LogP contribution in [0.5, 0.6) is 0 Å². The molecule has 1 aromatic carbocycles. The molecule has 1 aromatic heterocycles. The van der Waals surface area contributed by atoms with E-state index in [-0.39, 0.29) is 12.3 Å². The first kappa shape index (κ1) is 21.8. The molecule has 2 aromatic rings. The Kier molecular flexibility index (Phi) is 7.62. The number of nitrogens with one attached hydrogen (secondary N) is 1. The molecular formula is C20H24N6O3. The molecule has 1 heterocycles. The minimum Gasteiger partial charge on any atom is -0.380 e. The normalized spacial score (nSPS) is 10.7. The summed E-state index contributed by atoms with van der Waals surface area (Å²) in [4.78, 5) is 17.1. The Bertz CT molecular complexity index is 948. The standard InChI is InChI=1S/C20H24N6O3/c1-5-25(6-2)19-8-7-17(26(27)28)10-15(19)12-22-24-20-18(11-21)16(13-29-4)9-14(3)23-20/h7-10,12H,5-6,13H2,1-4H3,(H,23,24)/b22-12+. The van der Waals surface area contributed by atoms with Crippen molar-refractivity contribution >= 4 is 23.4 Å². The Balaban J connectivity index is 2.40. The van der Waals surface area contributed by atoms with Crippen molar-refractivity contribution in [1.29, 1.82) is 5.26 Å². The number of nitriles is 1. The summed E-state index contributed by atoms with van der Waals surface area (Å²) in [6.07, 6.45) is 1.50. The van der Waals surface area contributed by atoms with Gasteiger partial charge in [-0.3, -0.25) is 15.5 Å². The molecule has 0 aliphatic heterocycles. The van der Waals surface area contributed by atoms with E-state index in [0.29, 0.717) is 28.2 Å². The quantitative estimate of drug-likeness (QED) is 0.391. The molecule has 2 rings (SSSR count). The topological polar surface area (TPSA) is 117 Å². The van der Waals surface area contributed by atoms with E-state index in [0.717, 1.165) is 18.8 Å². The number of anilines is 2. The lowest BCUT2D eigenvalue weighted by Gasteiger charge is -2.22. The molecule has 0 fully saturated rings. The van der Waals surface area contributed by atoms with Crippen LogP contribution in [-0.4, -0.2) is 36.3 Å². The second kappa shape index (κ2) is 10.1. The Morgan fingerprint density at radius 1 is 1.38 bits per heavy atom. The van der Waals surface area contributed by atoms with Crippen LogP contribution in [0.4, 0.5) is 17.2 Å². The Morgan fingerprint density at radius 3 is 2.69 bits per heavy atom. The maximum absolute atomic E-state index is 11.2. The van der Waals surface area contributed by atoms with E-state index in [1.807, 2.05) is 20.8 Å². The molecule has 0 unspecified atom stereocenters. The molecule has 0 bridgehead atoms. The molecule has 0 aliphatic carbocycles. The first-order chi connectivity index (χ1) is 13.9. The van der Waals surface area contributed by atoms with Crippen molar-refractivity contribution in [2.75, 3.05) is 30.5 Å². The number of non-ortho nitro benzene ring substituents is 1. The first-order valence-electron chi connectivity index (χ1n) is 9.17. The van der Waals surface area contributed by atoms with Crippen LogP contribution >= 0.6 is 0 Å². The number of hydrogen-bond acceptors (Lipinski definition) is 8. The summed E-state index contributed by atoms with van der Waals surface area (Å²) in [5.74, 6) is 0.311. The lowest BCUT2D eigenvalue weighted by atomic mass is 10.1. The molecule has 0 saturated carbocycles. The van der Waals surface area contributed by atoms with E-state index < -0.39 is 4.92 Å². The summed E-state index contributed by atoms with van der Waals surface area (Å²) in [5, 5.41) is 24.9. The number of hydrazone groups is 1. The van der Waals surface area contributed by atoms with Gasteiger partial charge in [-0.2, -0.15) is 10.4 Å². The predicted octanol–water partition coefficient (Wildman–Crippen LogP) is 3.61. The van der Waals surface area contributed by atoms with Gasteiger partial charge in [0.1, 0.15) is 11.6 Å². The SMILES string of the molecule is CCN(CC)c1ccc([N+](=O)[O-])cc1/C=N/Nc1nc(C)cc(COC)c1C#N. The van der Waals surface area contributed by atoms with Gasteiger partial charge in [0.15, 0.2) is 5.82 Å². The predicted molar refractivity (Wildman–Crippen MR) is 112 cm³/mol. The zero-order chi connectivity index (χ0) is 21.4. The maximum atomic E-state index is 11.2. The van der Waals surface area contributed by atoms with Crippen LogP contribution in [0.2, 0.25) is 0 Å². The van der Waals surface area contributed by atoms with Crippen LogP contribution in [0.15, 0.2) is 29.4 Å². The third-order valence-corrected chi connectivity index (χ3v) is 4.34. The molecule has 152 valence electrons. The monoisotopic (exact) mass is 396 g/mol. The highest BCUT2D eigenvalue weighted by molar-refractivity contribution is 5.89. The van der Waals surface area contributed by atoms with Gasteiger partial charge in [-0.25, -0.2) is 4.98 Å². The van der Waals surface area contributed by atoms with Crippen LogP contribution < -0.4 is 10.3 Å². The third kappa shape index (κ3) is 5.27. The smallest absolute Gasteiger partial charge is 0.270 e. The number of benzene rings is 1. The van der Waals surface area contributed by atoms with Crippen LogP contribution in [-0.2, 0) is 11.3 Å². The van der Waals surface area contributed by atoms with Crippen molar-refractivity contribution in [3.63, 3.8) is 0 Å². The number of methoxy groups -OCH3 is 1. The fourth-order valence-electron chi connectivity index (χ4n) is 2.99. The molecule has 1 N–H and O–H groups in total. The molecule has 0 amide bonds. The Morgan fingerprint density at radius 2 is 2.10 bits per heavy atom. The zero-order valence-electron chi connectivity index (χ0n) is 17.0. The van der Waals surface area contributed by atoms with Gasteiger partial charge < -0.3 is 9.64 Å². The van der Waals surface area contributed by atoms with E-state index in [1.165, 1.54) is 18.3 Å². The second-order valence-electron chi connectivity index (χ2n) is 6.23. The number of ether oxygens (including phenoxy) is 1. The number of hydrogen-bond donors (Lipinski definition) is 1. The highest BCUT2D eigenvalue weighted by atomic mass is 16.6. The summed E-state index contributed by atoms with van der Waals surface area (Å²) >= 11 is 0. The molecule has 9 nitrogen and oxygen atoms in total. The van der Waals surface area contributed by atoms with Gasteiger partial charge in [-0.05, 0) is 32.9 Å². The number of aryl methyl sites for hydroxylation is 1. The van der Waals surface area contributed by atoms with Crippen molar-refractivity contribution in [2.24, 2.45) is 5.10 Å². The summed E-state index contributed by atoms with van der Waals surface area (Å²) in [5.41, 5.74) is 5.98. The van der Waals surface area contributed by atoms with Gasteiger partial charge in [-0.15, -0.1) is 0 Å². The number of aromatic nitrogens is 1. The first-order valence-corrected chi connectivity index (χ1v) is 9.17. The number of nitro benzene ring substituents is 1. The number of nitrogens with zero attached hydrogens (tertiary/aromatic N) is 5. The van der Waals surface area contributed by atoms with Gasteiger partial charge in [0, 0.05) is 54.8 Å². The largest absolute Gasteiger partial charge is 0.380 e. The van der Waals surface area contributed by atoms with Crippen LogP contribution in [0.1, 0.15) is 36.2 Å². The Labute approximate surface area is 169 Å². The van der Waals surface area contributed by atoms with Gasteiger partial charge >= 0.3 is 0 Å². The highest BCUT2D eigenvalue weighted by Gasteiger charge is 2.14. The van der Waals surface area contributed by atoms with Crippen LogP contribution in [0, 0.1) is 28.4 Å². The average Bonchev–Trinajstić information content (AvgIpc) is 2.69. The maximum Gasteiger partial charge on any atom is 0.270 e. The van der Waals surface area contributed by atoms with E-state index >= 15 is 0 Å².